The summed E-state index contributed by atoms with van der Waals surface area (Å²) in [5.41, 5.74) is -2.19. The van der Waals surface area contributed by atoms with Gasteiger partial charge in [0.1, 0.15) is 17.7 Å². The second kappa shape index (κ2) is 8.86. The summed E-state index contributed by atoms with van der Waals surface area (Å²) >= 11 is 5.72. The Morgan fingerprint density at radius 3 is 2.59 bits per heavy atom. The highest BCUT2D eigenvalue weighted by molar-refractivity contribution is 6.32. The Hall–Kier alpha value is -3.00. The lowest BCUT2D eigenvalue weighted by Crippen LogP contribution is -2.30. The smallest absolute Gasteiger partial charge is 0.356 e. The first-order valence-corrected chi connectivity index (χ1v) is 9.70. The van der Waals surface area contributed by atoms with Crippen LogP contribution in [0.25, 0.3) is 0 Å². The molecule has 1 aromatic heterocycles. The van der Waals surface area contributed by atoms with E-state index in [0.29, 0.717) is 0 Å². The largest absolute Gasteiger partial charge is 0.434 e. The first-order chi connectivity index (χ1) is 14.9. The lowest BCUT2D eigenvalue weighted by molar-refractivity contribution is -0.141. The molecule has 12 heteroatoms. The van der Waals surface area contributed by atoms with Crippen molar-refractivity contribution < 1.29 is 31.1 Å². The minimum atomic E-state index is -4.94. The van der Waals surface area contributed by atoms with E-state index in [2.05, 4.69) is 10.3 Å². The zero-order valence-electron chi connectivity index (χ0n) is 16.2. The Morgan fingerprint density at radius 1 is 1.22 bits per heavy atom. The van der Waals surface area contributed by atoms with Gasteiger partial charge in [-0.2, -0.15) is 18.4 Å². The number of alkyl halides is 5. The molecule has 1 N–H and O–H groups in total. The molecule has 0 spiro atoms. The van der Waals surface area contributed by atoms with Crippen LogP contribution >= 0.6 is 11.6 Å². The van der Waals surface area contributed by atoms with E-state index in [-0.39, 0.29) is 36.3 Å². The van der Waals surface area contributed by atoms with Crippen LogP contribution in [0.5, 0.6) is 0 Å². The van der Waals surface area contributed by atoms with E-state index in [1.54, 1.807) is 6.07 Å². The Kier molecular flexibility index (Phi) is 6.55. The van der Waals surface area contributed by atoms with Crippen molar-refractivity contribution in [1.82, 2.24) is 4.98 Å². The summed E-state index contributed by atoms with van der Waals surface area (Å²) in [5.74, 6) is -5.21. The normalized spacial score (nSPS) is 16.2. The number of nitrogens with one attached hydrogen (secondary N) is 1. The van der Waals surface area contributed by atoms with Crippen LogP contribution in [0, 0.1) is 17.1 Å². The van der Waals surface area contributed by atoms with Crippen molar-refractivity contribution in [3.63, 3.8) is 0 Å². The summed E-state index contributed by atoms with van der Waals surface area (Å²) in [6.45, 7) is -0.370. The molecule has 0 aliphatic carbocycles. The highest BCUT2D eigenvalue weighted by Crippen LogP contribution is 2.38. The fourth-order valence-electron chi connectivity index (χ4n) is 3.25. The molecule has 1 saturated heterocycles. The molecule has 0 saturated carbocycles. The standard InChI is InChI=1S/C20H15ClF6N4O/c21-14-9-13(18(32)29-12-2-3-15(22)11(8-12)10-28)17(30-16(14)20(25,26)27)31-6-1-4-19(23,24)5-7-31/h2-3,8-9H,1,4-7H2,(H,29,32). The molecule has 3 rings (SSSR count). The number of halogens is 7. The van der Waals surface area contributed by atoms with E-state index in [1.807, 2.05) is 0 Å². The van der Waals surface area contributed by atoms with Gasteiger partial charge in [0.2, 0.25) is 5.92 Å². The molecule has 0 atom stereocenters. The number of nitrogens with zero attached hydrogens (tertiary/aromatic N) is 3. The van der Waals surface area contributed by atoms with Gasteiger partial charge in [-0.1, -0.05) is 11.6 Å². The van der Waals surface area contributed by atoms with Gasteiger partial charge in [-0.25, -0.2) is 18.2 Å². The van der Waals surface area contributed by atoms with Crippen molar-refractivity contribution in [2.45, 2.75) is 31.4 Å². The fraction of sp³-hybridized carbons (Fsp3) is 0.350. The predicted octanol–water partition coefficient (Wildman–Crippen LogP) is 5.64. The predicted molar refractivity (Wildman–Crippen MR) is 104 cm³/mol. The molecule has 1 aliphatic heterocycles. The molecule has 5 nitrogen and oxygen atoms in total. The number of hydrogen-bond donors (Lipinski definition) is 1. The molecule has 2 heterocycles. The molecular formula is C20H15ClF6N4O. The van der Waals surface area contributed by atoms with Crippen LogP contribution < -0.4 is 10.2 Å². The van der Waals surface area contributed by atoms with Crippen molar-refractivity contribution in [2.75, 3.05) is 23.3 Å². The Morgan fingerprint density at radius 2 is 1.94 bits per heavy atom. The van der Waals surface area contributed by atoms with Gasteiger partial charge >= 0.3 is 6.18 Å². The molecule has 0 unspecified atom stereocenters. The van der Waals surface area contributed by atoms with Crippen LogP contribution in [0.15, 0.2) is 24.3 Å². The maximum absolute atomic E-state index is 13.8. The number of benzene rings is 1. The maximum Gasteiger partial charge on any atom is 0.434 e. The summed E-state index contributed by atoms with van der Waals surface area (Å²) in [5, 5.41) is 10.4. The van der Waals surface area contributed by atoms with E-state index < -0.39 is 53.2 Å². The number of nitriles is 1. The first kappa shape index (κ1) is 23.7. The molecule has 2 aromatic rings. The van der Waals surface area contributed by atoms with Crippen molar-refractivity contribution in [2.24, 2.45) is 0 Å². The summed E-state index contributed by atoms with van der Waals surface area (Å²) in [7, 11) is 0. The molecule has 1 amide bonds. The molecule has 0 radical (unpaired) electrons. The first-order valence-electron chi connectivity index (χ1n) is 9.33. The second-order valence-electron chi connectivity index (χ2n) is 7.14. The topological polar surface area (TPSA) is 69.0 Å². The summed E-state index contributed by atoms with van der Waals surface area (Å²) < 4.78 is 81.1. The van der Waals surface area contributed by atoms with Crippen molar-refractivity contribution in [3.8, 4) is 6.07 Å². The average molecular weight is 477 g/mol. The molecular weight excluding hydrogens is 462 g/mol. The number of carbonyl (C=O) groups is 1. The van der Waals surface area contributed by atoms with Crippen molar-refractivity contribution >= 4 is 29.0 Å². The van der Waals surface area contributed by atoms with Gasteiger partial charge in [0.05, 0.1) is 16.1 Å². The van der Waals surface area contributed by atoms with Gasteiger partial charge in [-0.05, 0) is 30.7 Å². The lowest BCUT2D eigenvalue weighted by Gasteiger charge is -2.25. The lowest BCUT2D eigenvalue weighted by atomic mass is 10.1. The molecule has 1 fully saturated rings. The van der Waals surface area contributed by atoms with E-state index in [9.17, 15) is 31.1 Å². The highest BCUT2D eigenvalue weighted by atomic mass is 35.5. The van der Waals surface area contributed by atoms with Gasteiger partial charge in [0, 0.05) is 31.6 Å². The number of rotatable bonds is 3. The molecule has 170 valence electrons. The van der Waals surface area contributed by atoms with Crippen LogP contribution in [0.1, 0.15) is 40.9 Å². The van der Waals surface area contributed by atoms with E-state index >= 15 is 0 Å². The Bertz CT molecular complexity index is 1080. The minimum absolute atomic E-state index is 0.00248. The molecule has 0 bridgehead atoms. The number of anilines is 2. The quantitative estimate of drug-likeness (QED) is 0.582. The zero-order chi connectivity index (χ0) is 23.7. The average Bonchev–Trinajstić information content (AvgIpc) is 2.88. The molecule has 32 heavy (non-hydrogen) atoms. The molecule has 1 aliphatic rings. The van der Waals surface area contributed by atoms with Gasteiger partial charge in [0.25, 0.3) is 5.91 Å². The highest BCUT2D eigenvalue weighted by Gasteiger charge is 2.39. The Labute approximate surface area is 183 Å². The monoisotopic (exact) mass is 476 g/mol. The number of carbonyl (C=O) groups excluding carboxylic acids is 1. The summed E-state index contributed by atoms with van der Waals surface area (Å²) in [4.78, 5) is 17.6. The van der Waals surface area contributed by atoms with Gasteiger partial charge in [-0.15, -0.1) is 0 Å². The number of amides is 1. The van der Waals surface area contributed by atoms with E-state index in [0.717, 1.165) is 24.3 Å². The third-order valence-corrected chi connectivity index (χ3v) is 5.12. The summed E-state index contributed by atoms with van der Waals surface area (Å²) in [6, 6.07) is 5.49. The zero-order valence-corrected chi connectivity index (χ0v) is 17.0. The van der Waals surface area contributed by atoms with Gasteiger partial charge in [-0.3, -0.25) is 4.79 Å². The van der Waals surface area contributed by atoms with Crippen molar-refractivity contribution in [1.29, 1.82) is 5.26 Å². The number of aromatic nitrogens is 1. The fourth-order valence-corrected chi connectivity index (χ4v) is 3.51. The van der Waals surface area contributed by atoms with E-state index in [4.69, 9.17) is 16.9 Å². The van der Waals surface area contributed by atoms with E-state index in [1.165, 1.54) is 4.90 Å². The molecule has 1 aromatic carbocycles. The maximum atomic E-state index is 13.8. The van der Waals surface area contributed by atoms with Crippen LogP contribution in [-0.4, -0.2) is 29.9 Å². The Balaban J connectivity index is 2.03. The van der Waals surface area contributed by atoms with Crippen LogP contribution in [-0.2, 0) is 6.18 Å². The second-order valence-corrected chi connectivity index (χ2v) is 7.55. The van der Waals surface area contributed by atoms with Crippen molar-refractivity contribution in [3.05, 3.63) is 51.9 Å². The van der Waals surface area contributed by atoms with Crippen LogP contribution in [0.3, 0.4) is 0 Å². The minimum Gasteiger partial charge on any atom is -0.356 e. The third-order valence-electron chi connectivity index (χ3n) is 4.83. The van der Waals surface area contributed by atoms with Gasteiger partial charge in [0.15, 0.2) is 5.69 Å². The van der Waals surface area contributed by atoms with Crippen LogP contribution in [0.2, 0.25) is 5.02 Å². The third kappa shape index (κ3) is 5.24. The van der Waals surface area contributed by atoms with Gasteiger partial charge < -0.3 is 10.2 Å². The number of pyridine rings is 1. The van der Waals surface area contributed by atoms with Crippen LogP contribution in [0.4, 0.5) is 37.8 Å². The SMILES string of the molecule is N#Cc1cc(NC(=O)c2cc(Cl)c(C(F)(F)F)nc2N2CCCC(F)(F)CC2)ccc1F. The summed E-state index contributed by atoms with van der Waals surface area (Å²) in [6.07, 6.45) is -6.03. The number of hydrogen-bond acceptors (Lipinski definition) is 4.